The summed E-state index contributed by atoms with van der Waals surface area (Å²) >= 11 is 0. The monoisotopic (exact) mass is 363 g/mol. The Morgan fingerprint density at radius 1 is 1.15 bits per heavy atom. The van der Waals surface area contributed by atoms with Crippen LogP contribution in [0.25, 0.3) is 5.52 Å². The Morgan fingerprint density at radius 3 is 2.56 bits per heavy atom. The summed E-state index contributed by atoms with van der Waals surface area (Å²) in [6, 6.07) is 10.2. The maximum Gasteiger partial charge on any atom is 0.272 e. The number of nitrogens with one attached hydrogen (secondary N) is 1. The van der Waals surface area contributed by atoms with Gasteiger partial charge < -0.3 is 10.2 Å². The molecular weight excluding hydrogens is 338 g/mol. The lowest BCUT2D eigenvalue weighted by Crippen LogP contribution is -2.23. The van der Waals surface area contributed by atoms with Crippen LogP contribution in [0.15, 0.2) is 36.5 Å². The molecule has 1 saturated heterocycles. The fraction of sp³-hybridized carbons (Fsp3) is 0.381. The van der Waals surface area contributed by atoms with Crippen molar-refractivity contribution in [3.63, 3.8) is 0 Å². The normalized spacial score (nSPS) is 14.1. The predicted molar refractivity (Wildman–Crippen MR) is 106 cm³/mol. The Hall–Kier alpha value is -2.89. The molecule has 1 aromatic carbocycles. The van der Waals surface area contributed by atoms with Crippen LogP contribution in [0.5, 0.6) is 0 Å². The molecule has 27 heavy (non-hydrogen) atoms. The Morgan fingerprint density at radius 2 is 1.85 bits per heavy atom. The van der Waals surface area contributed by atoms with E-state index in [2.05, 4.69) is 46.5 Å². The molecule has 0 atom stereocenters. The summed E-state index contributed by atoms with van der Waals surface area (Å²) < 4.78 is 1.78. The van der Waals surface area contributed by atoms with Gasteiger partial charge in [0.15, 0.2) is 11.5 Å². The topological polar surface area (TPSA) is 62.5 Å². The number of fused-ring (bicyclic) bond motifs is 1. The molecule has 3 aromatic rings. The van der Waals surface area contributed by atoms with Gasteiger partial charge in [0.05, 0.1) is 11.9 Å². The minimum Gasteiger partial charge on any atom is -0.355 e. The van der Waals surface area contributed by atoms with E-state index in [1.54, 1.807) is 4.52 Å². The molecule has 6 nitrogen and oxygen atoms in total. The van der Waals surface area contributed by atoms with Crippen LogP contribution >= 0.6 is 0 Å². The molecule has 1 aliphatic heterocycles. The molecule has 1 N–H and O–H groups in total. The highest BCUT2D eigenvalue weighted by Crippen LogP contribution is 2.24. The zero-order valence-electron chi connectivity index (χ0n) is 15.9. The van der Waals surface area contributed by atoms with Gasteiger partial charge in [0, 0.05) is 25.7 Å². The number of rotatable bonds is 5. The number of aryl methyl sites for hydroxylation is 2. The second kappa shape index (κ2) is 7.39. The van der Waals surface area contributed by atoms with E-state index in [9.17, 15) is 4.79 Å². The van der Waals surface area contributed by atoms with Crippen molar-refractivity contribution < 1.29 is 4.79 Å². The van der Waals surface area contributed by atoms with Gasteiger partial charge in [0.25, 0.3) is 5.91 Å². The third-order valence-corrected chi connectivity index (χ3v) is 5.08. The van der Waals surface area contributed by atoms with Gasteiger partial charge in [-0.15, -0.1) is 0 Å². The summed E-state index contributed by atoms with van der Waals surface area (Å²) in [5.74, 6) is 0.762. The first-order valence-corrected chi connectivity index (χ1v) is 9.62. The van der Waals surface area contributed by atoms with Crippen molar-refractivity contribution >= 4 is 17.2 Å². The lowest BCUT2D eigenvalue weighted by atomic mass is 10.1. The van der Waals surface area contributed by atoms with Crippen molar-refractivity contribution in [1.29, 1.82) is 0 Å². The molecule has 140 valence electrons. The quantitative estimate of drug-likeness (QED) is 0.756. The molecule has 0 bridgehead atoms. The average molecular weight is 363 g/mol. The Kier molecular flexibility index (Phi) is 4.79. The minimum absolute atomic E-state index is 0.164. The van der Waals surface area contributed by atoms with Gasteiger partial charge >= 0.3 is 0 Å². The summed E-state index contributed by atoms with van der Waals surface area (Å²) in [6.07, 6.45) is 5.25. The molecule has 4 rings (SSSR count). The van der Waals surface area contributed by atoms with Crippen molar-refractivity contribution in [2.45, 2.75) is 39.7 Å². The number of aromatic nitrogens is 3. The van der Waals surface area contributed by atoms with E-state index in [-0.39, 0.29) is 5.91 Å². The van der Waals surface area contributed by atoms with Crippen LogP contribution in [0.3, 0.4) is 0 Å². The van der Waals surface area contributed by atoms with Gasteiger partial charge in [-0.3, -0.25) is 4.79 Å². The van der Waals surface area contributed by atoms with Crippen molar-refractivity contribution in [2.75, 3.05) is 18.0 Å². The number of carbonyl (C=O) groups excluding carboxylic acids is 1. The number of hydrogen-bond donors (Lipinski definition) is 1. The fourth-order valence-corrected chi connectivity index (χ4v) is 3.53. The van der Waals surface area contributed by atoms with Crippen molar-refractivity contribution in [1.82, 2.24) is 19.9 Å². The molecule has 1 amide bonds. The largest absolute Gasteiger partial charge is 0.355 e. The number of nitrogens with zero attached hydrogens (tertiary/aromatic N) is 4. The molecule has 0 radical (unpaired) electrons. The number of benzene rings is 1. The first kappa shape index (κ1) is 17.5. The van der Waals surface area contributed by atoms with Gasteiger partial charge in [-0.25, -0.2) is 9.50 Å². The van der Waals surface area contributed by atoms with Gasteiger partial charge in [0.1, 0.15) is 5.52 Å². The summed E-state index contributed by atoms with van der Waals surface area (Å²) in [7, 11) is 0. The van der Waals surface area contributed by atoms with E-state index in [0.29, 0.717) is 12.2 Å². The standard InChI is InChI=1S/C21H25N5O/c1-3-16-6-8-17(9-7-16)13-22-21(27)18-12-19-20(25-10-4-5-11-25)23-15(2)14-26(19)24-18/h6-9,12,14H,3-5,10-11,13H2,1-2H3,(H,22,27). The Labute approximate surface area is 159 Å². The lowest BCUT2D eigenvalue weighted by molar-refractivity contribution is 0.0945. The van der Waals surface area contributed by atoms with Gasteiger partial charge in [-0.2, -0.15) is 5.10 Å². The van der Waals surface area contributed by atoms with Crippen LogP contribution < -0.4 is 10.2 Å². The van der Waals surface area contributed by atoms with Crippen LogP contribution in [0, 0.1) is 6.92 Å². The first-order valence-electron chi connectivity index (χ1n) is 9.62. The molecule has 0 aliphatic carbocycles. The zero-order chi connectivity index (χ0) is 18.8. The van der Waals surface area contributed by atoms with Crippen LogP contribution in [0.4, 0.5) is 5.82 Å². The van der Waals surface area contributed by atoms with Crippen molar-refractivity contribution in [2.24, 2.45) is 0 Å². The number of hydrogen-bond acceptors (Lipinski definition) is 4. The molecule has 0 unspecified atom stereocenters. The molecule has 0 spiro atoms. The highest BCUT2D eigenvalue weighted by Gasteiger charge is 2.20. The lowest BCUT2D eigenvalue weighted by Gasteiger charge is -2.17. The SMILES string of the molecule is CCc1ccc(CNC(=O)c2cc3c(N4CCCC4)nc(C)cn3n2)cc1. The number of anilines is 1. The Bertz CT molecular complexity index is 955. The van der Waals surface area contributed by atoms with Crippen molar-refractivity contribution in [3.05, 3.63) is 59.0 Å². The van der Waals surface area contributed by atoms with Crippen LogP contribution in [0.2, 0.25) is 0 Å². The molecule has 1 aliphatic rings. The molecule has 1 fully saturated rings. The Balaban J connectivity index is 1.54. The van der Waals surface area contributed by atoms with Gasteiger partial charge in [-0.05, 0) is 37.3 Å². The van der Waals surface area contributed by atoms with E-state index in [1.165, 1.54) is 18.4 Å². The van der Waals surface area contributed by atoms with Crippen LogP contribution in [-0.4, -0.2) is 33.6 Å². The maximum absolute atomic E-state index is 12.6. The maximum atomic E-state index is 12.6. The van der Waals surface area contributed by atoms with Crippen molar-refractivity contribution in [3.8, 4) is 0 Å². The molecule has 6 heteroatoms. The molecular formula is C21H25N5O. The van der Waals surface area contributed by atoms with Gasteiger partial charge in [-0.1, -0.05) is 31.2 Å². The first-order chi connectivity index (χ1) is 13.1. The highest BCUT2D eigenvalue weighted by atomic mass is 16.1. The predicted octanol–water partition coefficient (Wildman–Crippen LogP) is 3.13. The number of amides is 1. The van der Waals surface area contributed by atoms with E-state index in [0.717, 1.165) is 42.1 Å². The van der Waals surface area contributed by atoms with Crippen LogP contribution in [-0.2, 0) is 13.0 Å². The zero-order valence-corrected chi connectivity index (χ0v) is 15.9. The second-order valence-electron chi connectivity index (χ2n) is 7.11. The highest BCUT2D eigenvalue weighted by molar-refractivity contribution is 5.94. The summed E-state index contributed by atoms with van der Waals surface area (Å²) in [5, 5.41) is 7.45. The molecule has 0 saturated carbocycles. The van der Waals surface area contributed by atoms with E-state index >= 15 is 0 Å². The second-order valence-corrected chi connectivity index (χ2v) is 7.11. The smallest absolute Gasteiger partial charge is 0.272 e. The number of carbonyl (C=O) groups is 1. The van der Waals surface area contributed by atoms with E-state index in [1.807, 2.05) is 19.2 Å². The van der Waals surface area contributed by atoms with Crippen LogP contribution in [0.1, 0.15) is 47.1 Å². The third-order valence-electron chi connectivity index (χ3n) is 5.08. The summed E-state index contributed by atoms with van der Waals surface area (Å²) in [6.45, 7) is 6.60. The summed E-state index contributed by atoms with van der Waals surface area (Å²) in [5.41, 5.74) is 4.59. The van der Waals surface area contributed by atoms with E-state index in [4.69, 9.17) is 4.98 Å². The molecule has 2 aromatic heterocycles. The van der Waals surface area contributed by atoms with Gasteiger partial charge in [0.2, 0.25) is 0 Å². The summed E-state index contributed by atoms with van der Waals surface area (Å²) in [4.78, 5) is 19.6. The minimum atomic E-state index is -0.164. The molecule has 3 heterocycles. The van der Waals surface area contributed by atoms with E-state index < -0.39 is 0 Å². The fourth-order valence-electron chi connectivity index (χ4n) is 3.53. The average Bonchev–Trinajstić information content (AvgIpc) is 3.35. The third kappa shape index (κ3) is 3.65.